The van der Waals surface area contributed by atoms with Crippen LogP contribution in [0.25, 0.3) is 0 Å². The molecular weight excluding hydrogens is 224 g/mol. The molecule has 0 fully saturated rings. The summed E-state index contributed by atoms with van der Waals surface area (Å²) in [5.74, 6) is -5.84. The molecule has 1 atom stereocenters. The normalized spacial score (nSPS) is 12.2. The van der Waals surface area contributed by atoms with Crippen LogP contribution in [-0.4, -0.2) is 22.2 Å². The first-order chi connectivity index (χ1) is 7.34. The van der Waals surface area contributed by atoms with Crippen molar-refractivity contribution in [2.45, 2.75) is 6.04 Å². The third-order valence-electron chi connectivity index (χ3n) is 1.92. The lowest BCUT2D eigenvalue weighted by molar-refractivity contribution is -0.138. The maximum atomic E-state index is 12.8. The first-order valence-electron chi connectivity index (χ1n) is 4.05. The molecule has 0 aliphatic rings. The van der Waals surface area contributed by atoms with Gasteiger partial charge in [0.25, 0.3) is 0 Å². The number of carboxylic acid groups (broad SMARTS) is 2. The van der Waals surface area contributed by atoms with Crippen LogP contribution in [-0.2, 0) is 4.79 Å². The number of carbonyl (C=O) groups is 2. The molecule has 0 aromatic heterocycles. The number of aromatic carboxylic acids is 1. The van der Waals surface area contributed by atoms with E-state index in [0.29, 0.717) is 12.1 Å². The highest BCUT2D eigenvalue weighted by atomic mass is 19.2. The maximum Gasteiger partial charge on any atom is 0.336 e. The van der Waals surface area contributed by atoms with Gasteiger partial charge in [0.15, 0.2) is 11.6 Å². The van der Waals surface area contributed by atoms with Gasteiger partial charge < -0.3 is 15.9 Å². The van der Waals surface area contributed by atoms with E-state index in [1.165, 1.54) is 0 Å². The van der Waals surface area contributed by atoms with Gasteiger partial charge in [-0.2, -0.15) is 0 Å². The average molecular weight is 231 g/mol. The summed E-state index contributed by atoms with van der Waals surface area (Å²) in [5.41, 5.74) is 3.98. The molecule has 1 aromatic carbocycles. The Hall–Kier alpha value is -2.02. The molecule has 1 rings (SSSR count). The number of rotatable bonds is 3. The Bertz CT molecular complexity index is 461. The van der Waals surface area contributed by atoms with Crippen molar-refractivity contribution < 1.29 is 28.6 Å². The van der Waals surface area contributed by atoms with Gasteiger partial charge in [0, 0.05) is 0 Å². The van der Waals surface area contributed by atoms with Crippen LogP contribution in [0.5, 0.6) is 0 Å². The second-order valence-electron chi connectivity index (χ2n) is 2.97. The van der Waals surface area contributed by atoms with Crippen molar-refractivity contribution in [3.8, 4) is 0 Å². The lowest BCUT2D eigenvalue weighted by atomic mass is 10.0. The van der Waals surface area contributed by atoms with E-state index >= 15 is 0 Å². The summed E-state index contributed by atoms with van der Waals surface area (Å²) >= 11 is 0. The molecule has 0 saturated heterocycles. The number of benzene rings is 1. The number of hydrogen-bond donors (Lipinski definition) is 3. The lowest BCUT2D eigenvalue weighted by Gasteiger charge is -2.10. The molecule has 0 bridgehead atoms. The summed E-state index contributed by atoms with van der Waals surface area (Å²) < 4.78 is 25.6. The third kappa shape index (κ3) is 2.14. The number of halogens is 2. The van der Waals surface area contributed by atoms with Crippen molar-refractivity contribution in [1.29, 1.82) is 0 Å². The van der Waals surface area contributed by atoms with Crippen LogP contribution in [0.4, 0.5) is 8.78 Å². The molecule has 16 heavy (non-hydrogen) atoms. The van der Waals surface area contributed by atoms with Crippen molar-refractivity contribution >= 4 is 11.9 Å². The van der Waals surface area contributed by atoms with Crippen LogP contribution < -0.4 is 5.73 Å². The van der Waals surface area contributed by atoms with Gasteiger partial charge in [0.05, 0.1) is 5.56 Å². The average Bonchev–Trinajstić information content (AvgIpc) is 2.19. The van der Waals surface area contributed by atoms with Gasteiger partial charge in [-0.15, -0.1) is 0 Å². The second-order valence-corrected chi connectivity index (χ2v) is 2.97. The minimum absolute atomic E-state index is 0.399. The Morgan fingerprint density at radius 2 is 1.69 bits per heavy atom. The Balaban J connectivity index is 3.41. The predicted octanol–water partition coefficient (Wildman–Crippen LogP) is 0.747. The van der Waals surface area contributed by atoms with E-state index in [1.807, 2.05) is 0 Å². The fourth-order valence-electron chi connectivity index (χ4n) is 1.14. The van der Waals surface area contributed by atoms with Crippen molar-refractivity contribution in [3.63, 3.8) is 0 Å². The number of carboxylic acids is 2. The van der Waals surface area contributed by atoms with Gasteiger partial charge in [0.1, 0.15) is 6.04 Å². The predicted molar refractivity (Wildman–Crippen MR) is 47.9 cm³/mol. The maximum absolute atomic E-state index is 12.8. The second kappa shape index (κ2) is 4.23. The summed E-state index contributed by atoms with van der Waals surface area (Å²) in [6.45, 7) is 0. The van der Waals surface area contributed by atoms with Crippen LogP contribution >= 0.6 is 0 Å². The number of hydrogen-bond acceptors (Lipinski definition) is 3. The molecule has 1 aromatic rings. The van der Waals surface area contributed by atoms with Crippen LogP contribution in [0.1, 0.15) is 22.0 Å². The SMILES string of the molecule is N[C@H](C(=O)O)c1cc(F)c(F)cc1C(=O)O. The molecule has 0 heterocycles. The van der Waals surface area contributed by atoms with Crippen molar-refractivity contribution in [3.05, 3.63) is 34.9 Å². The van der Waals surface area contributed by atoms with E-state index in [9.17, 15) is 18.4 Å². The molecule has 0 aliphatic heterocycles. The topological polar surface area (TPSA) is 101 Å². The highest BCUT2D eigenvalue weighted by Gasteiger charge is 2.23. The molecule has 0 aliphatic carbocycles. The monoisotopic (exact) mass is 231 g/mol. The van der Waals surface area contributed by atoms with Gasteiger partial charge in [-0.3, -0.25) is 4.79 Å². The van der Waals surface area contributed by atoms with Gasteiger partial charge >= 0.3 is 11.9 Å². The molecule has 86 valence electrons. The first-order valence-corrected chi connectivity index (χ1v) is 4.05. The van der Waals surface area contributed by atoms with Crippen LogP contribution in [0.15, 0.2) is 12.1 Å². The summed E-state index contributed by atoms with van der Waals surface area (Å²) in [6.07, 6.45) is 0. The minimum atomic E-state index is -1.72. The molecule has 7 heteroatoms. The standard InChI is InChI=1S/C9H7F2NO4/c10-5-1-3(7(12)9(15)16)4(8(13)14)2-6(5)11/h1-2,7H,12H2,(H,13,14)(H,15,16)/t7-/m0/s1. The van der Waals surface area contributed by atoms with Crippen LogP contribution in [0.2, 0.25) is 0 Å². The fourth-order valence-corrected chi connectivity index (χ4v) is 1.14. The molecule has 4 N–H and O–H groups in total. The minimum Gasteiger partial charge on any atom is -0.480 e. The van der Waals surface area contributed by atoms with Crippen molar-refractivity contribution in [2.24, 2.45) is 5.73 Å². The molecule has 0 amide bonds. The first kappa shape index (κ1) is 12.1. The van der Waals surface area contributed by atoms with E-state index in [1.54, 1.807) is 0 Å². The molecule has 5 nitrogen and oxygen atoms in total. The van der Waals surface area contributed by atoms with Gasteiger partial charge in [-0.25, -0.2) is 13.6 Å². The third-order valence-corrected chi connectivity index (χ3v) is 1.92. The summed E-state index contributed by atoms with van der Waals surface area (Å²) in [7, 11) is 0. The fraction of sp³-hybridized carbons (Fsp3) is 0.111. The van der Waals surface area contributed by atoms with Crippen molar-refractivity contribution in [1.82, 2.24) is 0 Å². The van der Waals surface area contributed by atoms with E-state index in [4.69, 9.17) is 15.9 Å². The van der Waals surface area contributed by atoms with Gasteiger partial charge in [-0.1, -0.05) is 0 Å². The zero-order valence-corrected chi connectivity index (χ0v) is 7.78. The summed E-state index contributed by atoms with van der Waals surface area (Å²) in [6, 6.07) is -0.853. The summed E-state index contributed by atoms with van der Waals surface area (Å²) in [5, 5.41) is 17.2. The molecule has 0 spiro atoms. The zero-order chi connectivity index (χ0) is 12.5. The van der Waals surface area contributed by atoms with E-state index in [2.05, 4.69) is 0 Å². The van der Waals surface area contributed by atoms with Crippen LogP contribution in [0, 0.1) is 11.6 Å². The quantitative estimate of drug-likeness (QED) is 0.712. The molecular formula is C9H7F2NO4. The van der Waals surface area contributed by atoms with E-state index in [0.717, 1.165) is 0 Å². The summed E-state index contributed by atoms with van der Waals surface area (Å²) in [4.78, 5) is 21.2. The zero-order valence-electron chi connectivity index (χ0n) is 7.78. The molecule has 0 unspecified atom stereocenters. The van der Waals surface area contributed by atoms with E-state index in [-0.39, 0.29) is 0 Å². The lowest BCUT2D eigenvalue weighted by Crippen LogP contribution is -2.23. The van der Waals surface area contributed by atoms with Gasteiger partial charge in [-0.05, 0) is 17.7 Å². The molecule has 0 saturated carbocycles. The highest BCUT2D eigenvalue weighted by Crippen LogP contribution is 2.20. The highest BCUT2D eigenvalue weighted by molar-refractivity contribution is 5.91. The Labute approximate surface area is 88.1 Å². The van der Waals surface area contributed by atoms with Crippen LogP contribution in [0.3, 0.4) is 0 Å². The largest absolute Gasteiger partial charge is 0.480 e. The Morgan fingerprint density at radius 3 is 2.12 bits per heavy atom. The van der Waals surface area contributed by atoms with Crippen molar-refractivity contribution in [2.75, 3.05) is 0 Å². The smallest absolute Gasteiger partial charge is 0.336 e. The number of aliphatic carboxylic acids is 1. The Kier molecular flexibility index (Phi) is 3.19. The Morgan fingerprint density at radius 1 is 1.19 bits per heavy atom. The number of nitrogens with two attached hydrogens (primary N) is 1. The van der Waals surface area contributed by atoms with E-state index < -0.39 is 40.7 Å². The van der Waals surface area contributed by atoms with Gasteiger partial charge in [0.2, 0.25) is 0 Å². The molecule has 0 radical (unpaired) electrons.